The Balaban J connectivity index is 1.38. The van der Waals surface area contributed by atoms with Crippen molar-refractivity contribution in [3.8, 4) is 0 Å². The van der Waals surface area contributed by atoms with E-state index in [1.54, 1.807) is 49.1 Å². The number of fused-ring (bicyclic) bond motifs is 2. The summed E-state index contributed by atoms with van der Waals surface area (Å²) in [4.78, 5) is 41.4. The van der Waals surface area contributed by atoms with Crippen molar-refractivity contribution in [2.75, 3.05) is 10.6 Å². The van der Waals surface area contributed by atoms with E-state index >= 15 is 0 Å². The van der Waals surface area contributed by atoms with Crippen molar-refractivity contribution in [3.05, 3.63) is 72.3 Å². The molecule has 0 saturated carbocycles. The highest BCUT2D eigenvalue weighted by Crippen LogP contribution is 2.34. The van der Waals surface area contributed by atoms with Crippen molar-refractivity contribution in [3.63, 3.8) is 0 Å². The van der Waals surface area contributed by atoms with E-state index < -0.39 is 0 Å². The summed E-state index contributed by atoms with van der Waals surface area (Å²) >= 11 is 2.73. The molecule has 0 atom stereocenters. The van der Waals surface area contributed by atoms with Gasteiger partial charge in [0, 0.05) is 35.9 Å². The Labute approximate surface area is 177 Å². The van der Waals surface area contributed by atoms with Crippen LogP contribution < -0.4 is 10.6 Å². The number of hydrogen-bond donors (Lipinski definition) is 2. The summed E-state index contributed by atoms with van der Waals surface area (Å²) < 4.78 is 1.79. The van der Waals surface area contributed by atoms with Crippen LogP contribution in [0, 0.1) is 0 Å². The zero-order valence-corrected chi connectivity index (χ0v) is 16.8. The van der Waals surface area contributed by atoms with E-state index in [9.17, 15) is 9.59 Å². The number of aromatic nitrogens is 4. The Kier molecular flexibility index (Phi) is 4.62. The van der Waals surface area contributed by atoms with E-state index in [0.717, 1.165) is 20.4 Å². The van der Waals surface area contributed by atoms with Crippen molar-refractivity contribution < 1.29 is 9.59 Å². The molecule has 0 aliphatic heterocycles. The number of carbonyl (C=O) groups is 2. The lowest BCUT2D eigenvalue weighted by atomic mass is 10.2. The van der Waals surface area contributed by atoms with Crippen LogP contribution >= 0.6 is 22.7 Å². The van der Waals surface area contributed by atoms with Gasteiger partial charge in [0.1, 0.15) is 0 Å². The van der Waals surface area contributed by atoms with Gasteiger partial charge in [0.25, 0.3) is 11.8 Å². The summed E-state index contributed by atoms with van der Waals surface area (Å²) in [5.74, 6) is -0.477. The Morgan fingerprint density at radius 2 is 1.07 bits per heavy atom. The molecule has 4 heterocycles. The summed E-state index contributed by atoms with van der Waals surface area (Å²) in [5.41, 5.74) is 2.55. The Morgan fingerprint density at radius 1 is 0.667 bits per heavy atom. The van der Waals surface area contributed by atoms with Gasteiger partial charge in [-0.15, -0.1) is 0 Å². The summed E-state index contributed by atoms with van der Waals surface area (Å²) in [7, 11) is 0. The topological polar surface area (TPSA) is 110 Å². The highest BCUT2D eigenvalue weighted by atomic mass is 32.1. The van der Waals surface area contributed by atoms with Crippen molar-refractivity contribution in [2.45, 2.75) is 0 Å². The molecule has 5 aromatic rings. The number of carbonyl (C=O) groups excluding carboxylic acids is 2. The molecule has 0 saturated heterocycles. The number of rotatable bonds is 4. The first-order chi connectivity index (χ1) is 14.7. The van der Waals surface area contributed by atoms with E-state index in [2.05, 4.69) is 30.6 Å². The van der Waals surface area contributed by atoms with E-state index in [1.165, 1.54) is 22.7 Å². The largest absolute Gasteiger partial charge is 0.298 e. The smallest absolute Gasteiger partial charge is 0.257 e. The van der Waals surface area contributed by atoms with Crippen LogP contribution in [0.5, 0.6) is 0 Å². The van der Waals surface area contributed by atoms with Crippen LogP contribution in [0.4, 0.5) is 10.3 Å². The molecule has 2 amide bonds. The number of nitrogens with one attached hydrogen (secondary N) is 2. The van der Waals surface area contributed by atoms with Crippen molar-refractivity contribution in [1.82, 2.24) is 19.9 Å². The molecule has 1 aromatic carbocycles. The normalized spacial score (nSPS) is 10.9. The van der Waals surface area contributed by atoms with Crippen LogP contribution in [-0.2, 0) is 0 Å². The maximum atomic E-state index is 12.3. The molecule has 4 aromatic heterocycles. The molecule has 0 radical (unpaired) electrons. The fourth-order valence-electron chi connectivity index (χ4n) is 2.80. The summed E-state index contributed by atoms with van der Waals surface area (Å²) in [6.07, 6.45) is 6.27. The van der Waals surface area contributed by atoms with Crippen molar-refractivity contribution >= 4 is 65.2 Å². The summed E-state index contributed by atoms with van der Waals surface area (Å²) in [6, 6.07) is 10.4. The predicted molar refractivity (Wildman–Crippen MR) is 117 cm³/mol. The average molecular weight is 432 g/mol. The van der Waals surface area contributed by atoms with Crippen LogP contribution in [0.15, 0.2) is 61.2 Å². The molecule has 0 spiro atoms. The Bertz CT molecular complexity index is 1230. The fourth-order valence-corrected chi connectivity index (χ4v) is 4.55. The molecule has 0 fully saturated rings. The van der Waals surface area contributed by atoms with Gasteiger partial charge in [-0.2, -0.15) is 0 Å². The minimum atomic E-state index is -0.238. The van der Waals surface area contributed by atoms with Gasteiger partial charge < -0.3 is 0 Å². The van der Waals surface area contributed by atoms with Crippen LogP contribution in [0.1, 0.15) is 20.7 Å². The van der Waals surface area contributed by atoms with Crippen molar-refractivity contribution in [1.29, 1.82) is 0 Å². The average Bonchev–Trinajstić information content (AvgIpc) is 3.34. The number of benzene rings is 1. The van der Waals surface area contributed by atoms with Gasteiger partial charge in [-0.3, -0.25) is 30.2 Å². The minimum Gasteiger partial charge on any atom is -0.298 e. The van der Waals surface area contributed by atoms with Crippen LogP contribution in [-0.4, -0.2) is 31.8 Å². The van der Waals surface area contributed by atoms with Gasteiger partial charge in [0.15, 0.2) is 10.3 Å². The standard InChI is InChI=1S/C20H12N6O2S2/c27-17(11-1-5-21-6-2-11)25-19-23-13-9-16-14(10-15(13)29-19)24-20(30-16)26-18(28)12-3-7-22-8-4-12/h1-10H,(H,23,25,27)(H,24,26,28). The third-order valence-corrected chi connectivity index (χ3v) is 6.09. The zero-order chi connectivity index (χ0) is 20.5. The second-order valence-electron chi connectivity index (χ2n) is 6.21. The Morgan fingerprint density at radius 3 is 1.47 bits per heavy atom. The number of thiazole rings is 2. The first-order valence-corrected chi connectivity index (χ1v) is 10.4. The lowest BCUT2D eigenvalue weighted by Crippen LogP contribution is -2.11. The monoisotopic (exact) mass is 432 g/mol. The SMILES string of the molecule is O=C(Nc1nc2cc3sc(NC(=O)c4ccncc4)nc3cc2s1)c1ccncc1. The third-order valence-electron chi connectivity index (χ3n) is 4.22. The molecule has 2 N–H and O–H groups in total. The summed E-state index contributed by atoms with van der Waals surface area (Å²) in [5, 5.41) is 6.64. The van der Waals surface area contributed by atoms with Gasteiger partial charge in [-0.05, 0) is 36.4 Å². The third kappa shape index (κ3) is 3.61. The van der Waals surface area contributed by atoms with Gasteiger partial charge in [0.2, 0.25) is 0 Å². The maximum Gasteiger partial charge on any atom is 0.257 e. The van der Waals surface area contributed by atoms with Gasteiger partial charge in [-0.25, -0.2) is 9.97 Å². The summed E-state index contributed by atoms with van der Waals surface area (Å²) in [6.45, 7) is 0. The van der Waals surface area contributed by atoms with Gasteiger partial charge >= 0.3 is 0 Å². The lowest BCUT2D eigenvalue weighted by molar-refractivity contribution is 0.101. The van der Waals surface area contributed by atoms with Crippen LogP contribution in [0.2, 0.25) is 0 Å². The van der Waals surface area contributed by atoms with E-state index in [1.807, 2.05) is 12.1 Å². The number of hydrogen-bond acceptors (Lipinski definition) is 8. The highest BCUT2D eigenvalue weighted by Gasteiger charge is 2.14. The van der Waals surface area contributed by atoms with E-state index in [-0.39, 0.29) is 11.8 Å². The second kappa shape index (κ2) is 7.58. The number of nitrogens with zero attached hydrogens (tertiary/aromatic N) is 4. The van der Waals surface area contributed by atoms with Gasteiger partial charge in [-0.1, -0.05) is 22.7 Å². The minimum absolute atomic E-state index is 0.238. The molecule has 0 bridgehead atoms. The molecule has 146 valence electrons. The second-order valence-corrected chi connectivity index (χ2v) is 8.27. The number of pyridine rings is 2. The molecule has 0 unspecified atom stereocenters. The first-order valence-electron chi connectivity index (χ1n) is 8.79. The highest BCUT2D eigenvalue weighted by molar-refractivity contribution is 7.23. The molecule has 0 aliphatic rings. The van der Waals surface area contributed by atoms with Gasteiger partial charge in [0.05, 0.1) is 20.4 Å². The zero-order valence-electron chi connectivity index (χ0n) is 15.2. The van der Waals surface area contributed by atoms with Crippen LogP contribution in [0.3, 0.4) is 0 Å². The lowest BCUT2D eigenvalue weighted by Gasteiger charge is -2.00. The quantitative estimate of drug-likeness (QED) is 0.440. The molecule has 8 nitrogen and oxygen atoms in total. The Hall–Kier alpha value is -3.76. The van der Waals surface area contributed by atoms with Crippen molar-refractivity contribution in [2.24, 2.45) is 0 Å². The molecule has 10 heteroatoms. The molecule has 5 rings (SSSR count). The maximum absolute atomic E-state index is 12.3. The van der Waals surface area contributed by atoms with Crippen LogP contribution in [0.25, 0.3) is 20.4 Å². The molecule has 0 aliphatic carbocycles. The van der Waals surface area contributed by atoms with E-state index in [0.29, 0.717) is 21.4 Å². The molecular formula is C20H12N6O2S2. The molecule has 30 heavy (non-hydrogen) atoms. The number of amides is 2. The molecular weight excluding hydrogens is 420 g/mol. The van der Waals surface area contributed by atoms with E-state index in [4.69, 9.17) is 0 Å². The predicted octanol–water partition coefficient (Wildman–Crippen LogP) is 4.20. The first kappa shape index (κ1) is 18.3. The number of anilines is 2. The fraction of sp³-hybridized carbons (Fsp3) is 0.